The molecule has 6 aromatic rings. The summed E-state index contributed by atoms with van der Waals surface area (Å²) < 4.78 is 43.4. The van der Waals surface area contributed by atoms with Crippen molar-refractivity contribution in [2.75, 3.05) is 70.1 Å². The number of fused-ring (bicyclic) bond motifs is 2. The first kappa shape index (κ1) is 45.0. The summed E-state index contributed by atoms with van der Waals surface area (Å²) in [4.78, 5) is 26.3. The van der Waals surface area contributed by atoms with E-state index in [1.54, 1.807) is 43.5 Å². The number of aromatic amines is 2. The Morgan fingerprint density at radius 3 is 1.37 bits per heavy atom. The van der Waals surface area contributed by atoms with Gasteiger partial charge in [0.25, 0.3) is 0 Å². The molecule has 17 heteroatoms. The smallest absolute Gasteiger partial charge is 0.211 e. The number of terminal acetylenes is 1. The Morgan fingerprint density at radius 1 is 0.610 bits per heavy atom. The van der Waals surface area contributed by atoms with Crippen molar-refractivity contribution in [1.82, 2.24) is 20.4 Å². The largest absolute Gasteiger partial charge is 0.496 e. The third-order valence-corrected chi connectivity index (χ3v) is 9.49. The highest BCUT2D eigenvalue weighted by Crippen LogP contribution is 2.41. The fraction of sp³-hybridized carbons (Fsp3) is 0.238. The van der Waals surface area contributed by atoms with Crippen molar-refractivity contribution in [3.8, 4) is 70.2 Å². The van der Waals surface area contributed by atoms with E-state index in [0.717, 1.165) is 3.57 Å². The lowest BCUT2D eigenvalue weighted by atomic mass is 10.0. The highest BCUT2D eigenvalue weighted by Gasteiger charge is 2.24. The Kier molecular flexibility index (Phi) is 16.2. The van der Waals surface area contributed by atoms with Gasteiger partial charge in [-0.25, -0.2) is 0 Å². The third kappa shape index (κ3) is 9.56. The van der Waals surface area contributed by atoms with Crippen molar-refractivity contribution in [2.24, 2.45) is 0 Å². The van der Waals surface area contributed by atoms with E-state index in [-0.39, 0.29) is 30.5 Å². The number of aliphatic hydroxyl groups excluding tert-OH is 2. The van der Waals surface area contributed by atoms with Gasteiger partial charge >= 0.3 is 0 Å². The molecule has 0 unspecified atom stereocenters. The summed E-state index contributed by atoms with van der Waals surface area (Å²) in [6.45, 7) is -0.457. The molecule has 0 saturated heterocycles. The zero-order valence-electron chi connectivity index (χ0n) is 33.4. The lowest BCUT2D eigenvalue weighted by Crippen LogP contribution is -2.05. The number of H-pyrrole nitrogens is 2. The molecule has 16 nitrogen and oxygen atoms in total. The van der Waals surface area contributed by atoms with Gasteiger partial charge in [-0.2, -0.15) is 10.2 Å². The molecule has 6 rings (SSSR count). The maximum atomic E-state index is 13.2. The summed E-state index contributed by atoms with van der Waals surface area (Å²) in [5, 5.41) is 32.1. The second-order valence-corrected chi connectivity index (χ2v) is 12.6. The second-order valence-electron chi connectivity index (χ2n) is 11.5. The fourth-order valence-corrected chi connectivity index (χ4v) is 6.54. The van der Waals surface area contributed by atoms with Crippen LogP contribution in [0.2, 0.25) is 0 Å². The predicted octanol–water partition coefficient (Wildman–Crippen LogP) is 5.22. The van der Waals surface area contributed by atoms with Crippen LogP contribution in [0.3, 0.4) is 0 Å². The molecule has 4 N–H and O–H groups in total. The number of methoxy groups -OCH3 is 8. The topological polar surface area (TPSA) is 206 Å². The number of benzene rings is 4. The first-order valence-corrected chi connectivity index (χ1v) is 18.2. The molecule has 0 bridgehead atoms. The van der Waals surface area contributed by atoms with E-state index in [2.05, 4.69) is 61.2 Å². The summed E-state index contributed by atoms with van der Waals surface area (Å²) in [7, 11) is 12.1. The van der Waals surface area contributed by atoms with Crippen molar-refractivity contribution < 1.29 is 57.7 Å². The van der Waals surface area contributed by atoms with Gasteiger partial charge in [0, 0.05) is 21.9 Å². The van der Waals surface area contributed by atoms with E-state index < -0.39 is 0 Å². The minimum absolute atomic E-state index is 0.153. The zero-order valence-corrected chi connectivity index (χ0v) is 35.5. The maximum absolute atomic E-state index is 13.2. The number of hydrogen-bond acceptors (Lipinski definition) is 14. The molecular weight excluding hydrogens is 879 g/mol. The number of carbonyl (C=O) groups is 2. The minimum Gasteiger partial charge on any atom is -0.496 e. The van der Waals surface area contributed by atoms with Crippen molar-refractivity contribution >= 4 is 56.0 Å². The van der Waals surface area contributed by atoms with Gasteiger partial charge in [0.05, 0.1) is 66.0 Å². The number of nitrogens with zero attached hydrogens (tertiary/aromatic N) is 2. The van der Waals surface area contributed by atoms with E-state index in [4.69, 9.17) is 48.1 Å². The number of halogens is 1. The monoisotopic (exact) mass is 920 g/mol. The molecule has 0 aliphatic rings. The number of aromatic nitrogens is 4. The summed E-state index contributed by atoms with van der Waals surface area (Å²) in [5.41, 5.74) is 3.04. The van der Waals surface area contributed by atoms with Crippen LogP contribution in [0.1, 0.15) is 37.7 Å². The fourth-order valence-electron chi connectivity index (χ4n) is 5.73. The van der Waals surface area contributed by atoms with Crippen molar-refractivity contribution in [3.05, 3.63) is 80.2 Å². The first-order chi connectivity index (χ1) is 28.5. The molecule has 0 fully saturated rings. The van der Waals surface area contributed by atoms with Crippen LogP contribution < -0.4 is 37.9 Å². The third-order valence-electron chi connectivity index (χ3n) is 8.45. The highest BCUT2D eigenvalue weighted by molar-refractivity contribution is 14.1. The van der Waals surface area contributed by atoms with Crippen LogP contribution in [0.5, 0.6) is 46.0 Å². The normalized spacial score (nSPS) is 10.1. The van der Waals surface area contributed by atoms with Crippen LogP contribution >= 0.6 is 22.6 Å². The lowest BCUT2D eigenvalue weighted by molar-refractivity contribution is 0.102. The standard InChI is InChI=1S/C21H20N2O6.C18H17IN2O5.C3H4O/c1-26-15-8-7-14-18(13(15)6-5-9-24)22-23-19(14)20(25)12-10-16(27-2)21(29-4)17(11-12)28-3;1-23-11-6-5-10-15(14(11)19)20-21-16(10)17(22)9-7-12(24-2)18(26-4)13(8-9)25-3;1-2-3-4/h7-8,10-11,24H,9H2,1-4H3,(H,22,23);5-8H,1-4H3,(H,20,21);1,4H,3H2. The highest BCUT2D eigenvalue weighted by atomic mass is 127. The number of ether oxygens (including phenoxy) is 8. The molecule has 0 radical (unpaired) electrons. The molecule has 308 valence electrons. The Bertz CT molecular complexity index is 2510. The predicted molar refractivity (Wildman–Crippen MR) is 227 cm³/mol. The Morgan fingerprint density at radius 2 is 1.00 bits per heavy atom. The van der Waals surface area contributed by atoms with Crippen LogP contribution in [0.15, 0.2) is 48.5 Å². The Labute approximate surface area is 353 Å². The van der Waals surface area contributed by atoms with E-state index in [1.807, 2.05) is 18.1 Å². The van der Waals surface area contributed by atoms with Gasteiger partial charge in [-0.1, -0.05) is 17.8 Å². The molecule has 2 heterocycles. The van der Waals surface area contributed by atoms with Gasteiger partial charge in [-0.15, -0.1) is 6.42 Å². The molecule has 0 atom stereocenters. The maximum Gasteiger partial charge on any atom is 0.211 e. The molecule has 0 spiro atoms. The average Bonchev–Trinajstić information content (AvgIpc) is 3.92. The van der Waals surface area contributed by atoms with Gasteiger partial charge in [0.2, 0.25) is 23.1 Å². The molecule has 2 aromatic heterocycles. The summed E-state index contributed by atoms with van der Waals surface area (Å²) in [6, 6.07) is 13.4. The average molecular weight is 921 g/mol. The molecule has 59 heavy (non-hydrogen) atoms. The quantitative estimate of drug-likeness (QED) is 0.0707. The molecule has 0 aliphatic heterocycles. The van der Waals surface area contributed by atoms with Gasteiger partial charge in [-0.05, 0) is 71.1 Å². The summed E-state index contributed by atoms with van der Waals surface area (Å²) >= 11 is 2.15. The van der Waals surface area contributed by atoms with E-state index in [0.29, 0.717) is 90.2 Å². The van der Waals surface area contributed by atoms with Crippen molar-refractivity contribution in [2.45, 2.75) is 0 Å². The molecule has 0 aliphatic carbocycles. The molecule has 0 amide bonds. The van der Waals surface area contributed by atoms with Gasteiger partial charge < -0.3 is 48.1 Å². The van der Waals surface area contributed by atoms with Gasteiger partial charge in [0.1, 0.15) is 47.1 Å². The number of aliphatic hydroxyl groups is 2. The minimum atomic E-state index is -0.307. The van der Waals surface area contributed by atoms with Crippen molar-refractivity contribution in [1.29, 1.82) is 0 Å². The number of ketones is 2. The van der Waals surface area contributed by atoms with Crippen LogP contribution in [0.4, 0.5) is 0 Å². The Hall–Kier alpha value is -6.67. The number of hydrogen-bond donors (Lipinski definition) is 4. The van der Waals surface area contributed by atoms with E-state index in [9.17, 15) is 9.59 Å². The summed E-state index contributed by atoms with van der Waals surface area (Å²) in [5.74, 6) is 10.5. The number of rotatable bonds is 12. The molecular formula is C42H41IN4O12. The van der Waals surface area contributed by atoms with Gasteiger partial charge in [0.15, 0.2) is 23.0 Å². The SMILES string of the molecule is C#CCO.COc1cc(C(=O)c2[nH]nc3c(C#CCO)c(OC)ccc23)cc(OC)c1OC.COc1cc(C(=O)c2[nH]nc3c(I)c(OC)ccc23)cc(OC)c1OC. The van der Waals surface area contributed by atoms with Crippen LogP contribution in [-0.2, 0) is 0 Å². The van der Waals surface area contributed by atoms with Crippen LogP contribution in [-0.4, -0.2) is 112 Å². The number of carbonyl (C=O) groups excluding carboxylic acids is 2. The van der Waals surface area contributed by atoms with Crippen LogP contribution in [0.25, 0.3) is 21.8 Å². The van der Waals surface area contributed by atoms with E-state index >= 15 is 0 Å². The Balaban J connectivity index is 0.000000240. The first-order valence-electron chi connectivity index (χ1n) is 17.1. The lowest BCUT2D eigenvalue weighted by Gasteiger charge is -2.13. The number of nitrogens with one attached hydrogen (secondary N) is 2. The van der Waals surface area contributed by atoms with Crippen molar-refractivity contribution in [3.63, 3.8) is 0 Å². The molecule has 0 saturated carbocycles. The van der Waals surface area contributed by atoms with Gasteiger partial charge in [-0.3, -0.25) is 19.8 Å². The summed E-state index contributed by atoms with van der Waals surface area (Å²) in [6.07, 6.45) is 4.53. The second kappa shape index (κ2) is 21.2. The molecule has 4 aromatic carbocycles. The zero-order chi connectivity index (χ0) is 43.2. The van der Waals surface area contributed by atoms with Crippen LogP contribution in [0, 0.1) is 27.8 Å². The van der Waals surface area contributed by atoms with E-state index in [1.165, 1.54) is 49.8 Å².